The van der Waals surface area contributed by atoms with Crippen LogP contribution in [0, 0.1) is 5.92 Å². The van der Waals surface area contributed by atoms with E-state index in [0.29, 0.717) is 24.9 Å². The number of amides is 1. The van der Waals surface area contributed by atoms with E-state index in [1.807, 2.05) is 4.90 Å². The van der Waals surface area contributed by atoms with Gasteiger partial charge in [0, 0.05) is 25.4 Å². The second-order valence-corrected chi connectivity index (χ2v) is 5.40. The smallest absolute Gasteiger partial charge is 0.316 e. The van der Waals surface area contributed by atoms with Gasteiger partial charge in [0.25, 0.3) is 0 Å². The Morgan fingerprint density at radius 3 is 2.84 bits per heavy atom. The number of rotatable bonds is 4. The van der Waals surface area contributed by atoms with E-state index in [1.165, 1.54) is 12.8 Å². The SMILES string of the molecule is O=C(CC1CC1)N1CCCC(Oc2ncccn2)C1. The highest BCUT2D eigenvalue weighted by Gasteiger charge is 2.30. The molecule has 3 rings (SSSR count). The first-order valence-electron chi connectivity index (χ1n) is 7.03. The number of aromatic nitrogens is 2. The van der Waals surface area contributed by atoms with Gasteiger partial charge in [-0.25, -0.2) is 9.97 Å². The molecule has 1 saturated heterocycles. The van der Waals surface area contributed by atoms with Crippen LogP contribution in [0.2, 0.25) is 0 Å². The molecule has 0 aromatic carbocycles. The Hall–Kier alpha value is -1.65. The molecule has 0 spiro atoms. The van der Waals surface area contributed by atoms with Crippen molar-refractivity contribution in [2.75, 3.05) is 13.1 Å². The summed E-state index contributed by atoms with van der Waals surface area (Å²) >= 11 is 0. The molecule has 1 unspecified atom stereocenters. The molecule has 2 aliphatic rings. The number of piperidine rings is 1. The minimum absolute atomic E-state index is 0.0271. The predicted molar refractivity (Wildman–Crippen MR) is 69.6 cm³/mol. The fourth-order valence-corrected chi connectivity index (χ4v) is 2.45. The van der Waals surface area contributed by atoms with Crippen molar-refractivity contribution in [3.8, 4) is 6.01 Å². The largest absolute Gasteiger partial charge is 0.458 e. The van der Waals surface area contributed by atoms with Crippen molar-refractivity contribution in [1.82, 2.24) is 14.9 Å². The van der Waals surface area contributed by atoms with Crippen LogP contribution in [-0.2, 0) is 4.79 Å². The van der Waals surface area contributed by atoms with Crippen LogP contribution < -0.4 is 4.74 Å². The lowest BCUT2D eigenvalue weighted by molar-refractivity contribution is -0.134. The molecular formula is C14H19N3O2. The van der Waals surface area contributed by atoms with Gasteiger partial charge in [-0.3, -0.25) is 4.79 Å². The number of likely N-dealkylation sites (tertiary alicyclic amines) is 1. The fraction of sp³-hybridized carbons (Fsp3) is 0.643. The van der Waals surface area contributed by atoms with Crippen LogP contribution in [0.25, 0.3) is 0 Å². The molecule has 1 aromatic rings. The first-order valence-corrected chi connectivity index (χ1v) is 7.03. The molecule has 1 aliphatic carbocycles. The summed E-state index contributed by atoms with van der Waals surface area (Å²) < 4.78 is 5.74. The summed E-state index contributed by atoms with van der Waals surface area (Å²) in [5, 5.41) is 0. The first-order chi connectivity index (χ1) is 9.31. The number of nitrogens with zero attached hydrogens (tertiary/aromatic N) is 3. The van der Waals surface area contributed by atoms with Crippen LogP contribution in [0.5, 0.6) is 6.01 Å². The Bertz CT molecular complexity index is 434. The van der Waals surface area contributed by atoms with Gasteiger partial charge in [-0.05, 0) is 37.7 Å². The van der Waals surface area contributed by atoms with Gasteiger partial charge in [0.05, 0.1) is 6.54 Å². The van der Waals surface area contributed by atoms with E-state index < -0.39 is 0 Å². The minimum Gasteiger partial charge on any atom is -0.458 e. The Kier molecular flexibility index (Phi) is 3.62. The number of ether oxygens (including phenoxy) is 1. The van der Waals surface area contributed by atoms with Gasteiger partial charge in [0.1, 0.15) is 6.10 Å². The van der Waals surface area contributed by atoms with E-state index >= 15 is 0 Å². The monoisotopic (exact) mass is 261 g/mol. The number of carbonyl (C=O) groups excluding carboxylic acids is 1. The number of carbonyl (C=O) groups is 1. The quantitative estimate of drug-likeness (QED) is 0.827. The molecule has 5 nitrogen and oxygen atoms in total. The van der Waals surface area contributed by atoms with Crippen LogP contribution in [-0.4, -0.2) is 40.0 Å². The van der Waals surface area contributed by atoms with Gasteiger partial charge in [-0.2, -0.15) is 0 Å². The minimum atomic E-state index is 0.0271. The van der Waals surface area contributed by atoms with Crippen molar-refractivity contribution in [2.24, 2.45) is 5.92 Å². The molecule has 1 saturated carbocycles. The van der Waals surface area contributed by atoms with Crippen molar-refractivity contribution in [3.05, 3.63) is 18.5 Å². The zero-order valence-corrected chi connectivity index (χ0v) is 11.0. The lowest BCUT2D eigenvalue weighted by Gasteiger charge is -2.32. The molecule has 1 amide bonds. The standard InChI is InChI=1S/C14H19N3O2/c18-13(9-11-4-5-11)17-8-1-3-12(10-17)19-14-15-6-2-7-16-14/h2,6-7,11-12H,1,3-5,8-10H2. The lowest BCUT2D eigenvalue weighted by atomic mass is 10.1. The topological polar surface area (TPSA) is 55.3 Å². The molecule has 0 bridgehead atoms. The van der Waals surface area contributed by atoms with Gasteiger partial charge < -0.3 is 9.64 Å². The van der Waals surface area contributed by atoms with Crippen LogP contribution >= 0.6 is 0 Å². The van der Waals surface area contributed by atoms with Gasteiger partial charge in [0.15, 0.2) is 0 Å². The van der Waals surface area contributed by atoms with Crippen molar-refractivity contribution in [2.45, 2.75) is 38.2 Å². The zero-order chi connectivity index (χ0) is 13.1. The van der Waals surface area contributed by atoms with Crippen molar-refractivity contribution >= 4 is 5.91 Å². The van der Waals surface area contributed by atoms with Gasteiger partial charge >= 0.3 is 6.01 Å². The second-order valence-electron chi connectivity index (χ2n) is 5.40. The Labute approximate surface area is 113 Å². The van der Waals surface area contributed by atoms with Crippen LogP contribution in [0.1, 0.15) is 32.1 Å². The van der Waals surface area contributed by atoms with Gasteiger partial charge in [0.2, 0.25) is 5.91 Å². The van der Waals surface area contributed by atoms with Crippen LogP contribution in [0.15, 0.2) is 18.5 Å². The summed E-state index contributed by atoms with van der Waals surface area (Å²) in [6.07, 6.45) is 8.48. The highest BCUT2D eigenvalue weighted by molar-refractivity contribution is 5.76. The Balaban J connectivity index is 1.53. The molecule has 102 valence electrons. The molecule has 1 aromatic heterocycles. The molecule has 0 radical (unpaired) electrons. The lowest BCUT2D eigenvalue weighted by Crippen LogP contribution is -2.44. The molecular weight excluding hydrogens is 242 g/mol. The van der Waals surface area contributed by atoms with Gasteiger partial charge in [-0.15, -0.1) is 0 Å². The highest BCUT2D eigenvalue weighted by Crippen LogP contribution is 2.33. The molecule has 1 atom stereocenters. The van der Waals surface area contributed by atoms with Crippen molar-refractivity contribution < 1.29 is 9.53 Å². The van der Waals surface area contributed by atoms with E-state index in [4.69, 9.17) is 4.74 Å². The highest BCUT2D eigenvalue weighted by atomic mass is 16.5. The Morgan fingerprint density at radius 1 is 1.32 bits per heavy atom. The molecule has 2 heterocycles. The maximum absolute atomic E-state index is 12.1. The molecule has 19 heavy (non-hydrogen) atoms. The second kappa shape index (κ2) is 5.55. The summed E-state index contributed by atoms with van der Waals surface area (Å²) in [4.78, 5) is 22.2. The van der Waals surface area contributed by atoms with E-state index in [-0.39, 0.29) is 12.0 Å². The zero-order valence-electron chi connectivity index (χ0n) is 11.0. The molecule has 0 N–H and O–H groups in total. The average molecular weight is 261 g/mol. The van der Waals surface area contributed by atoms with E-state index in [1.54, 1.807) is 18.5 Å². The summed E-state index contributed by atoms with van der Waals surface area (Å²) in [6, 6.07) is 2.17. The van der Waals surface area contributed by atoms with E-state index in [2.05, 4.69) is 9.97 Å². The molecule has 2 fully saturated rings. The average Bonchev–Trinajstić information content (AvgIpc) is 3.24. The summed E-state index contributed by atoms with van der Waals surface area (Å²) in [5.74, 6) is 0.927. The normalized spacial score (nSPS) is 23.2. The van der Waals surface area contributed by atoms with Crippen molar-refractivity contribution in [1.29, 1.82) is 0 Å². The number of hydrogen-bond acceptors (Lipinski definition) is 4. The maximum Gasteiger partial charge on any atom is 0.316 e. The summed E-state index contributed by atoms with van der Waals surface area (Å²) in [7, 11) is 0. The third-order valence-electron chi connectivity index (χ3n) is 3.71. The van der Waals surface area contributed by atoms with Gasteiger partial charge in [-0.1, -0.05) is 0 Å². The predicted octanol–water partition coefficient (Wildman–Crippen LogP) is 1.65. The van der Waals surface area contributed by atoms with Crippen molar-refractivity contribution in [3.63, 3.8) is 0 Å². The third kappa shape index (κ3) is 3.43. The fourth-order valence-electron chi connectivity index (χ4n) is 2.45. The molecule has 5 heteroatoms. The molecule has 1 aliphatic heterocycles. The Morgan fingerprint density at radius 2 is 2.11 bits per heavy atom. The maximum atomic E-state index is 12.1. The summed E-state index contributed by atoms with van der Waals surface area (Å²) in [6.45, 7) is 1.53. The first kappa shape index (κ1) is 12.4. The third-order valence-corrected chi connectivity index (χ3v) is 3.71. The summed E-state index contributed by atoms with van der Waals surface area (Å²) in [5.41, 5.74) is 0. The number of hydrogen-bond donors (Lipinski definition) is 0. The van der Waals surface area contributed by atoms with E-state index in [0.717, 1.165) is 19.4 Å². The van der Waals surface area contributed by atoms with Crippen LogP contribution in [0.3, 0.4) is 0 Å². The van der Waals surface area contributed by atoms with Crippen LogP contribution in [0.4, 0.5) is 0 Å². The van der Waals surface area contributed by atoms with E-state index in [9.17, 15) is 4.79 Å².